The van der Waals surface area contributed by atoms with Gasteiger partial charge in [-0.15, -0.1) is 0 Å². The van der Waals surface area contributed by atoms with Gasteiger partial charge in [-0.1, -0.05) is 0 Å². The van der Waals surface area contributed by atoms with E-state index in [0.29, 0.717) is 0 Å². The average Bonchev–Trinajstić information content (AvgIpc) is 0.722. The molecule has 0 saturated carbocycles. The van der Waals surface area contributed by atoms with Crippen LogP contribution in [-0.2, 0) is 4.57 Å². The fourth-order valence-corrected chi connectivity index (χ4v) is 0. The number of phosphoric acid groups is 1. The summed E-state index contributed by atoms with van der Waals surface area (Å²) in [5.74, 6) is 0. The fourth-order valence-electron chi connectivity index (χ4n) is 0. The fraction of sp³-hybridized carbons (Fsp3) is 0. The van der Waals surface area contributed by atoms with E-state index < -0.39 is 7.82 Å². The van der Waals surface area contributed by atoms with Crippen molar-refractivity contribution < 1.29 is 173 Å². The van der Waals surface area contributed by atoms with E-state index in [2.05, 4.69) is 0 Å². The maximum atomic E-state index is 8.55. The predicted octanol–water partition coefficient (Wildman–Crippen LogP) is -11.7. The zero-order chi connectivity index (χ0) is 4.50. The van der Waals surface area contributed by atoms with Gasteiger partial charge in [-0.25, -0.2) is 0 Å². The van der Waals surface area contributed by atoms with Crippen molar-refractivity contribution in [2.45, 2.75) is 0 Å². The molecule has 5 nitrogen and oxygen atoms in total. The molecule has 0 atom stereocenters. The van der Waals surface area contributed by atoms with Crippen LogP contribution in [-0.4, -0.2) is 0 Å². The minimum Gasteiger partial charge on any atom is -0.822 e. The molecule has 0 heterocycles. The van der Waals surface area contributed by atoms with Crippen LogP contribution < -0.4 is 175 Å². The van der Waals surface area contributed by atoms with Crippen LogP contribution in [0, 0.1) is 0 Å². The molecule has 9 heavy (non-hydrogen) atoms. The number of hydrogen-bond donors (Lipinski definition) is 1. The second-order valence-corrected chi connectivity index (χ2v) is 1.34. The molecule has 0 aliphatic carbocycles. The topological polar surface area (TPSA) is 121 Å². The van der Waals surface area contributed by atoms with E-state index in [9.17, 15) is 0 Å². The molecule has 0 aromatic carbocycles. The van der Waals surface area contributed by atoms with Crippen LogP contribution in [0.1, 0.15) is 0 Å². The Hall–Kier alpha value is 4.98. The van der Waals surface area contributed by atoms with E-state index in [-0.39, 0.29) is 160 Å². The van der Waals surface area contributed by atoms with E-state index >= 15 is 0 Å². The average molecular weight is 229 g/mol. The molecule has 9 heteroatoms. The van der Waals surface area contributed by atoms with Gasteiger partial charge >= 0.3 is 154 Å². The van der Waals surface area contributed by atoms with Gasteiger partial charge in [0.05, 0.1) is 0 Å². The first-order valence-electron chi connectivity index (χ1n) is 0.730. The normalized spacial score (nSPS) is 6.56. The Morgan fingerprint density at radius 2 is 0.889 bits per heavy atom. The van der Waals surface area contributed by atoms with Crippen LogP contribution in [0.2, 0.25) is 0 Å². The largest absolute Gasteiger partial charge is 1.00 e. The Bertz CT molecular complexity index is 61.9. The van der Waals surface area contributed by atoms with Crippen LogP contribution in [0.5, 0.6) is 0 Å². The first-order chi connectivity index (χ1) is 2.00. The van der Waals surface area contributed by atoms with E-state index in [4.69, 9.17) is 19.2 Å². The van der Waals surface area contributed by atoms with Crippen molar-refractivity contribution in [1.29, 1.82) is 0 Å². The van der Waals surface area contributed by atoms with Gasteiger partial charge in [0, 0.05) is 0 Å². The molecular weight excluding hydrogens is 226 g/mol. The number of hydrogen-bond acceptors (Lipinski definition) is 5. The molecule has 0 aliphatic heterocycles. The van der Waals surface area contributed by atoms with Crippen molar-refractivity contribution in [2.75, 3.05) is 0 Å². The molecule has 0 rings (SSSR count). The van der Waals surface area contributed by atoms with Gasteiger partial charge in [-0.3, -0.25) is 0 Å². The summed E-state index contributed by atoms with van der Waals surface area (Å²) in [5, 5.41) is 0. The third-order valence-corrected chi connectivity index (χ3v) is 0. The molecule has 40 valence electrons. The smallest absolute Gasteiger partial charge is 0.822 e. The van der Waals surface area contributed by atoms with Crippen molar-refractivity contribution in [3.63, 3.8) is 0 Å². The number of rotatable bonds is 0. The maximum Gasteiger partial charge on any atom is 1.00 e. The summed E-state index contributed by atoms with van der Waals surface area (Å²) in [7, 11) is -5.39. The molecular formula is H3K3NO4P. The van der Waals surface area contributed by atoms with Gasteiger partial charge in [-0.2, -0.15) is 7.82 Å². The maximum absolute atomic E-state index is 8.55. The Morgan fingerprint density at radius 1 is 0.889 bits per heavy atom. The zero-order valence-electron chi connectivity index (χ0n) is 5.79. The van der Waals surface area contributed by atoms with Crippen LogP contribution in [0.15, 0.2) is 0 Å². The summed E-state index contributed by atoms with van der Waals surface area (Å²) in [6.45, 7) is 0. The Morgan fingerprint density at radius 3 is 0.889 bits per heavy atom. The van der Waals surface area contributed by atoms with Gasteiger partial charge in [0.15, 0.2) is 0 Å². The molecule has 0 radical (unpaired) electrons. The van der Waals surface area contributed by atoms with Crippen molar-refractivity contribution >= 4 is 7.82 Å². The monoisotopic (exact) mass is 229 g/mol. The molecule has 0 fully saturated rings. The summed E-state index contributed by atoms with van der Waals surface area (Å²) in [6.07, 6.45) is 0. The molecule has 0 unspecified atom stereocenters. The second-order valence-electron chi connectivity index (χ2n) is 0.447. The minimum absolute atomic E-state index is 0. The van der Waals surface area contributed by atoms with E-state index in [0.717, 1.165) is 0 Å². The standard InChI is InChI=1S/3K.H3N.H3O4P/c;;;;1-5(2,3)4/h;;;1H3;(H3,1,2,3,4)/q3*+1;;/p-3. The van der Waals surface area contributed by atoms with E-state index in [1.807, 2.05) is 0 Å². The van der Waals surface area contributed by atoms with Gasteiger partial charge < -0.3 is 25.4 Å². The van der Waals surface area contributed by atoms with Crippen molar-refractivity contribution in [1.82, 2.24) is 6.15 Å². The second kappa shape index (κ2) is 15.5. The molecule has 0 spiro atoms. The van der Waals surface area contributed by atoms with E-state index in [1.165, 1.54) is 0 Å². The molecule has 0 aromatic heterocycles. The molecule has 3 N–H and O–H groups in total. The minimum atomic E-state index is -5.39. The van der Waals surface area contributed by atoms with Gasteiger partial charge in [-0.05, 0) is 0 Å². The Balaban J connectivity index is -0.0000000133. The molecule has 0 amide bonds. The van der Waals surface area contributed by atoms with Crippen molar-refractivity contribution in [3.05, 3.63) is 0 Å². The summed E-state index contributed by atoms with van der Waals surface area (Å²) >= 11 is 0. The Labute approximate surface area is 181 Å². The van der Waals surface area contributed by atoms with Gasteiger partial charge in [0.1, 0.15) is 0 Å². The van der Waals surface area contributed by atoms with Crippen LogP contribution in [0.25, 0.3) is 0 Å². The Kier molecular flexibility index (Phi) is 50.1. The third-order valence-electron chi connectivity index (χ3n) is 0. The quantitative estimate of drug-likeness (QED) is 0.326. The first kappa shape index (κ1) is 29.2. The van der Waals surface area contributed by atoms with Crippen molar-refractivity contribution in [3.8, 4) is 0 Å². The molecule has 0 bridgehead atoms. The SMILES string of the molecule is N.O=P([O-])([O-])[O-].[K+].[K+].[K+]. The third kappa shape index (κ3) is 63.1. The van der Waals surface area contributed by atoms with Gasteiger partial charge in [0.2, 0.25) is 0 Å². The van der Waals surface area contributed by atoms with Crippen LogP contribution in [0.4, 0.5) is 0 Å². The molecule has 0 aromatic rings. The summed E-state index contributed by atoms with van der Waals surface area (Å²) < 4.78 is 8.55. The summed E-state index contributed by atoms with van der Waals surface area (Å²) in [5.41, 5.74) is 0. The first-order valence-corrected chi connectivity index (χ1v) is 2.19. The summed E-state index contributed by atoms with van der Waals surface area (Å²) in [6, 6.07) is 0. The van der Waals surface area contributed by atoms with Crippen LogP contribution >= 0.6 is 7.82 Å². The molecule has 0 aliphatic rings. The van der Waals surface area contributed by atoms with Crippen LogP contribution in [0.3, 0.4) is 0 Å². The molecule has 0 saturated heterocycles. The predicted molar refractivity (Wildman–Crippen MR) is 12.6 cm³/mol. The van der Waals surface area contributed by atoms with Crippen molar-refractivity contribution in [2.24, 2.45) is 0 Å². The van der Waals surface area contributed by atoms with Gasteiger partial charge in [0.25, 0.3) is 0 Å². The van der Waals surface area contributed by atoms with E-state index in [1.54, 1.807) is 0 Å². The zero-order valence-corrected chi connectivity index (χ0v) is 16.1. The summed E-state index contributed by atoms with van der Waals surface area (Å²) in [4.78, 5) is 25.6.